The van der Waals surface area contributed by atoms with E-state index in [2.05, 4.69) is 0 Å². The Morgan fingerprint density at radius 1 is 1.06 bits per heavy atom. The number of benzene rings is 2. The van der Waals surface area contributed by atoms with Crippen LogP contribution < -0.4 is 0 Å². The lowest BCUT2D eigenvalue weighted by atomic mass is 10.0. The van der Waals surface area contributed by atoms with E-state index >= 15 is 0 Å². The summed E-state index contributed by atoms with van der Waals surface area (Å²) in [6, 6.07) is 12.8. The molecule has 0 spiro atoms. The third-order valence-corrected chi connectivity index (χ3v) is 2.62. The second kappa shape index (κ2) is 4.37. The van der Waals surface area contributed by atoms with Crippen LogP contribution in [0, 0.1) is 0 Å². The zero-order valence-electron chi connectivity index (χ0n) is 8.35. The van der Waals surface area contributed by atoms with Crippen molar-refractivity contribution in [3.8, 4) is 16.9 Å². The van der Waals surface area contributed by atoms with Crippen molar-refractivity contribution in [3.63, 3.8) is 0 Å². The maximum Gasteiger partial charge on any atom is 0.153 e. The van der Waals surface area contributed by atoms with Gasteiger partial charge in [0, 0.05) is 0 Å². The largest absolute Gasteiger partial charge is 0.506 e. The van der Waals surface area contributed by atoms with Crippen LogP contribution in [0.4, 0.5) is 0 Å². The number of halogens is 1. The van der Waals surface area contributed by atoms with E-state index in [0.717, 1.165) is 11.1 Å². The fourth-order valence-corrected chi connectivity index (χ4v) is 1.73. The molecule has 0 amide bonds. The van der Waals surface area contributed by atoms with E-state index in [9.17, 15) is 9.90 Å². The Balaban J connectivity index is 2.59. The molecule has 80 valence electrons. The molecule has 2 aromatic carbocycles. The van der Waals surface area contributed by atoms with Crippen molar-refractivity contribution in [1.82, 2.24) is 0 Å². The third-order valence-electron chi connectivity index (χ3n) is 2.33. The van der Waals surface area contributed by atoms with E-state index in [1.165, 1.54) is 0 Å². The molecule has 1 N–H and O–H groups in total. The molecule has 0 bridgehead atoms. The third kappa shape index (κ3) is 1.92. The number of carbonyl (C=O) groups excluding carboxylic acids is 1. The van der Waals surface area contributed by atoms with Gasteiger partial charge in [0.15, 0.2) is 6.29 Å². The molecule has 16 heavy (non-hydrogen) atoms. The first-order chi connectivity index (χ1) is 7.72. The molecule has 0 atom stereocenters. The van der Waals surface area contributed by atoms with Crippen LogP contribution in [0.25, 0.3) is 11.1 Å². The minimum Gasteiger partial charge on any atom is -0.506 e. The van der Waals surface area contributed by atoms with Crippen molar-refractivity contribution in [2.24, 2.45) is 0 Å². The lowest BCUT2D eigenvalue weighted by Crippen LogP contribution is -1.85. The Morgan fingerprint density at radius 3 is 2.38 bits per heavy atom. The fourth-order valence-electron chi connectivity index (χ4n) is 1.51. The van der Waals surface area contributed by atoms with Gasteiger partial charge >= 0.3 is 0 Å². The van der Waals surface area contributed by atoms with E-state index < -0.39 is 0 Å². The SMILES string of the molecule is O=Cc1cc(-c2ccccc2)cc(Cl)c1O. The van der Waals surface area contributed by atoms with Crippen molar-refractivity contribution >= 4 is 17.9 Å². The smallest absolute Gasteiger partial charge is 0.153 e. The highest BCUT2D eigenvalue weighted by molar-refractivity contribution is 6.32. The highest BCUT2D eigenvalue weighted by atomic mass is 35.5. The molecule has 3 heteroatoms. The van der Waals surface area contributed by atoms with Gasteiger partial charge in [0.05, 0.1) is 10.6 Å². The van der Waals surface area contributed by atoms with E-state index in [4.69, 9.17) is 11.6 Å². The van der Waals surface area contributed by atoms with Crippen molar-refractivity contribution in [3.05, 3.63) is 53.1 Å². The van der Waals surface area contributed by atoms with Crippen molar-refractivity contribution < 1.29 is 9.90 Å². The first kappa shape index (κ1) is 10.7. The van der Waals surface area contributed by atoms with Crippen LogP contribution in [-0.2, 0) is 0 Å². The summed E-state index contributed by atoms with van der Waals surface area (Å²) in [5.41, 5.74) is 1.96. The number of phenols is 1. The fraction of sp³-hybridized carbons (Fsp3) is 0. The van der Waals surface area contributed by atoms with Gasteiger partial charge in [-0.3, -0.25) is 4.79 Å². The van der Waals surface area contributed by atoms with Gasteiger partial charge in [0.2, 0.25) is 0 Å². The second-order valence-electron chi connectivity index (χ2n) is 3.38. The quantitative estimate of drug-likeness (QED) is 0.805. The highest BCUT2D eigenvalue weighted by Gasteiger charge is 2.08. The number of phenolic OH excluding ortho intramolecular Hbond substituents is 1. The zero-order valence-corrected chi connectivity index (χ0v) is 9.11. The number of aromatic hydroxyl groups is 1. The number of aldehydes is 1. The number of carbonyl (C=O) groups is 1. The van der Waals surface area contributed by atoms with Crippen LogP contribution >= 0.6 is 11.6 Å². The van der Waals surface area contributed by atoms with E-state index in [-0.39, 0.29) is 16.3 Å². The molecule has 0 saturated heterocycles. The van der Waals surface area contributed by atoms with Gasteiger partial charge in [0.1, 0.15) is 5.75 Å². The molecule has 0 heterocycles. The van der Waals surface area contributed by atoms with Gasteiger partial charge in [-0.2, -0.15) is 0 Å². The molecule has 2 aromatic rings. The average Bonchev–Trinajstić information content (AvgIpc) is 2.33. The Hall–Kier alpha value is -1.80. The second-order valence-corrected chi connectivity index (χ2v) is 3.79. The lowest BCUT2D eigenvalue weighted by Gasteiger charge is -2.05. The van der Waals surface area contributed by atoms with Crippen molar-refractivity contribution in [1.29, 1.82) is 0 Å². The molecule has 2 nitrogen and oxygen atoms in total. The van der Waals surface area contributed by atoms with Crippen LogP contribution in [0.5, 0.6) is 5.75 Å². The molecule has 0 aromatic heterocycles. The molecule has 0 radical (unpaired) electrons. The number of hydrogen-bond donors (Lipinski definition) is 1. The normalized spacial score (nSPS) is 10.1. The molecule has 0 saturated carbocycles. The van der Waals surface area contributed by atoms with Crippen molar-refractivity contribution in [2.75, 3.05) is 0 Å². The molecular weight excluding hydrogens is 224 g/mol. The summed E-state index contributed by atoms with van der Waals surface area (Å²) in [4.78, 5) is 10.7. The van der Waals surface area contributed by atoms with Crippen LogP contribution in [0.2, 0.25) is 5.02 Å². The molecular formula is C13H9ClO2. The Morgan fingerprint density at radius 2 is 1.75 bits per heavy atom. The molecule has 0 aliphatic heterocycles. The predicted octanol–water partition coefficient (Wildman–Crippen LogP) is 3.53. The van der Waals surface area contributed by atoms with E-state index in [0.29, 0.717) is 6.29 Å². The minimum absolute atomic E-state index is 0.170. The Bertz CT molecular complexity index is 521. The molecule has 0 aliphatic carbocycles. The van der Waals surface area contributed by atoms with Gasteiger partial charge in [-0.25, -0.2) is 0 Å². The minimum atomic E-state index is -0.170. The van der Waals surface area contributed by atoms with Crippen LogP contribution in [-0.4, -0.2) is 11.4 Å². The van der Waals surface area contributed by atoms with E-state index in [1.807, 2.05) is 30.3 Å². The first-order valence-corrected chi connectivity index (χ1v) is 5.13. The number of rotatable bonds is 2. The predicted molar refractivity (Wildman–Crippen MR) is 63.9 cm³/mol. The van der Waals surface area contributed by atoms with Gasteiger partial charge in [-0.05, 0) is 23.3 Å². The lowest BCUT2D eigenvalue weighted by molar-refractivity contribution is 0.112. The standard InChI is InChI=1S/C13H9ClO2/c14-12-7-10(6-11(8-15)13(12)16)9-4-2-1-3-5-9/h1-8,16H. The topological polar surface area (TPSA) is 37.3 Å². The highest BCUT2D eigenvalue weighted by Crippen LogP contribution is 2.32. The Labute approximate surface area is 98.1 Å². The monoisotopic (exact) mass is 232 g/mol. The summed E-state index contributed by atoms with van der Waals surface area (Å²) in [5, 5.41) is 9.69. The molecule has 0 unspecified atom stereocenters. The van der Waals surface area contributed by atoms with Gasteiger partial charge in [0.25, 0.3) is 0 Å². The maximum atomic E-state index is 10.7. The van der Waals surface area contributed by atoms with Crippen molar-refractivity contribution in [2.45, 2.75) is 0 Å². The summed E-state index contributed by atoms with van der Waals surface area (Å²) in [7, 11) is 0. The Kier molecular flexibility index (Phi) is 2.93. The first-order valence-electron chi connectivity index (χ1n) is 4.75. The average molecular weight is 233 g/mol. The summed E-state index contributed by atoms with van der Waals surface area (Å²) in [6.45, 7) is 0. The summed E-state index contributed by atoms with van der Waals surface area (Å²) in [5.74, 6) is -0.170. The summed E-state index contributed by atoms with van der Waals surface area (Å²) in [6.07, 6.45) is 0.591. The molecule has 0 fully saturated rings. The number of hydrogen-bond acceptors (Lipinski definition) is 2. The van der Waals surface area contributed by atoms with Gasteiger partial charge in [-0.15, -0.1) is 0 Å². The molecule has 2 rings (SSSR count). The maximum absolute atomic E-state index is 10.7. The van der Waals surface area contributed by atoms with Crippen LogP contribution in [0.3, 0.4) is 0 Å². The van der Waals surface area contributed by atoms with Gasteiger partial charge in [-0.1, -0.05) is 41.9 Å². The van der Waals surface area contributed by atoms with Gasteiger partial charge < -0.3 is 5.11 Å². The summed E-state index contributed by atoms with van der Waals surface area (Å²) < 4.78 is 0. The van der Waals surface area contributed by atoms with Crippen LogP contribution in [0.1, 0.15) is 10.4 Å². The van der Waals surface area contributed by atoms with E-state index in [1.54, 1.807) is 12.1 Å². The van der Waals surface area contributed by atoms with Crippen LogP contribution in [0.15, 0.2) is 42.5 Å². The zero-order chi connectivity index (χ0) is 11.5. The molecule has 0 aliphatic rings. The summed E-state index contributed by atoms with van der Waals surface area (Å²) >= 11 is 5.84.